The standard InChI is InChI=1S/C17H23NO3/c1-2-3-4-8-11-15(17(20)21)12-16(19)18-13-14-9-6-5-7-10-14/h4-10,15H,2-3,11-13H2,1H3,(H,18,19)(H,20,21)/b8-4+. The van der Waals surface area contributed by atoms with Crippen LogP contribution >= 0.6 is 0 Å². The third kappa shape index (κ3) is 7.30. The van der Waals surface area contributed by atoms with Crippen molar-refractivity contribution < 1.29 is 14.7 Å². The van der Waals surface area contributed by atoms with Crippen LogP contribution in [0.5, 0.6) is 0 Å². The first kappa shape index (κ1) is 17.0. The van der Waals surface area contributed by atoms with Gasteiger partial charge in [-0.15, -0.1) is 0 Å². The number of unbranched alkanes of at least 4 members (excludes halogenated alkanes) is 1. The number of hydrogen-bond donors (Lipinski definition) is 2. The molecule has 4 nitrogen and oxygen atoms in total. The Morgan fingerprint density at radius 3 is 2.57 bits per heavy atom. The van der Waals surface area contributed by atoms with Gasteiger partial charge in [0.1, 0.15) is 0 Å². The van der Waals surface area contributed by atoms with E-state index in [1.54, 1.807) is 0 Å². The first-order chi connectivity index (χ1) is 10.1. The number of amides is 1. The number of carboxylic acids is 1. The summed E-state index contributed by atoms with van der Waals surface area (Å²) in [6.45, 7) is 2.49. The number of carbonyl (C=O) groups is 2. The molecule has 0 aliphatic rings. The summed E-state index contributed by atoms with van der Waals surface area (Å²) in [5, 5.41) is 11.9. The van der Waals surface area contributed by atoms with Gasteiger partial charge in [-0.05, 0) is 18.4 Å². The summed E-state index contributed by atoms with van der Waals surface area (Å²) in [5.74, 6) is -1.81. The zero-order chi connectivity index (χ0) is 15.5. The molecule has 0 saturated carbocycles. The first-order valence-electron chi connectivity index (χ1n) is 7.32. The van der Waals surface area contributed by atoms with Crippen LogP contribution in [0.4, 0.5) is 0 Å². The van der Waals surface area contributed by atoms with Crippen LogP contribution in [0.3, 0.4) is 0 Å². The number of hydrogen-bond acceptors (Lipinski definition) is 2. The fraction of sp³-hybridized carbons (Fsp3) is 0.412. The Morgan fingerprint density at radius 1 is 1.24 bits per heavy atom. The minimum atomic E-state index is -0.925. The lowest BCUT2D eigenvalue weighted by atomic mass is 10.0. The van der Waals surface area contributed by atoms with Crippen molar-refractivity contribution in [2.75, 3.05) is 0 Å². The van der Waals surface area contributed by atoms with Gasteiger partial charge in [0.15, 0.2) is 0 Å². The number of benzene rings is 1. The van der Waals surface area contributed by atoms with Crippen molar-refractivity contribution in [1.82, 2.24) is 5.32 Å². The monoisotopic (exact) mass is 289 g/mol. The van der Waals surface area contributed by atoms with Crippen molar-refractivity contribution in [3.63, 3.8) is 0 Å². The number of aliphatic carboxylic acids is 1. The van der Waals surface area contributed by atoms with Crippen LogP contribution in [-0.4, -0.2) is 17.0 Å². The van der Waals surface area contributed by atoms with Gasteiger partial charge in [0, 0.05) is 13.0 Å². The molecular formula is C17H23NO3. The summed E-state index contributed by atoms with van der Waals surface area (Å²) in [6, 6.07) is 9.56. The maximum absolute atomic E-state index is 11.8. The molecule has 0 fully saturated rings. The van der Waals surface area contributed by atoms with Crippen molar-refractivity contribution in [1.29, 1.82) is 0 Å². The lowest BCUT2D eigenvalue weighted by molar-refractivity contribution is -0.143. The number of carbonyl (C=O) groups excluding carboxylic acids is 1. The molecule has 0 radical (unpaired) electrons. The predicted molar refractivity (Wildman–Crippen MR) is 82.7 cm³/mol. The molecular weight excluding hydrogens is 266 g/mol. The third-order valence-electron chi connectivity index (χ3n) is 3.16. The Hall–Kier alpha value is -2.10. The Morgan fingerprint density at radius 2 is 1.95 bits per heavy atom. The Kier molecular flexibility index (Phi) is 7.87. The summed E-state index contributed by atoms with van der Waals surface area (Å²) >= 11 is 0. The number of rotatable bonds is 9. The molecule has 0 aliphatic carbocycles. The molecule has 1 aromatic rings. The van der Waals surface area contributed by atoms with Gasteiger partial charge in [0.2, 0.25) is 5.91 Å². The van der Waals surface area contributed by atoms with Gasteiger partial charge in [0.25, 0.3) is 0 Å². The fourth-order valence-corrected chi connectivity index (χ4v) is 1.91. The molecule has 21 heavy (non-hydrogen) atoms. The number of carboxylic acid groups (broad SMARTS) is 1. The van der Waals surface area contributed by atoms with E-state index in [2.05, 4.69) is 12.2 Å². The molecule has 0 aliphatic heterocycles. The van der Waals surface area contributed by atoms with E-state index in [1.165, 1.54) is 0 Å². The summed E-state index contributed by atoms with van der Waals surface area (Å²) in [4.78, 5) is 23.0. The SMILES string of the molecule is CCC/C=C/CC(CC(=O)NCc1ccccc1)C(=O)O. The summed E-state index contributed by atoms with van der Waals surface area (Å²) in [5.41, 5.74) is 1.00. The summed E-state index contributed by atoms with van der Waals surface area (Å²) in [7, 11) is 0. The van der Waals surface area contributed by atoms with Gasteiger partial charge in [-0.1, -0.05) is 55.8 Å². The Balaban J connectivity index is 2.40. The van der Waals surface area contributed by atoms with Crippen molar-refractivity contribution in [3.05, 3.63) is 48.0 Å². The lowest BCUT2D eigenvalue weighted by Gasteiger charge is -2.10. The maximum atomic E-state index is 11.8. The van der Waals surface area contributed by atoms with E-state index in [-0.39, 0.29) is 12.3 Å². The van der Waals surface area contributed by atoms with E-state index in [0.717, 1.165) is 18.4 Å². The molecule has 1 aromatic carbocycles. The van der Waals surface area contributed by atoms with E-state index in [0.29, 0.717) is 13.0 Å². The molecule has 1 atom stereocenters. The smallest absolute Gasteiger partial charge is 0.307 e. The van der Waals surface area contributed by atoms with E-state index < -0.39 is 11.9 Å². The first-order valence-corrected chi connectivity index (χ1v) is 7.32. The molecule has 0 spiro atoms. The minimum absolute atomic E-state index is 0.0125. The highest BCUT2D eigenvalue weighted by Gasteiger charge is 2.19. The maximum Gasteiger partial charge on any atom is 0.307 e. The zero-order valence-corrected chi connectivity index (χ0v) is 12.4. The van der Waals surface area contributed by atoms with E-state index >= 15 is 0 Å². The molecule has 0 bridgehead atoms. The van der Waals surface area contributed by atoms with E-state index in [1.807, 2.05) is 42.5 Å². The molecule has 114 valence electrons. The highest BCUT2D eigenvalue weighted by molar-refractivity contribution is 5.82. The van der Waals surface area contributed by atoms with Crippen molar-refractivity contribution in [3.8, 4) is 0 Å². The summed E-state index contributed by atoms with van der Waals surface area (Å²) < 4.78 is 0. The van der Waals surface area contributed by atoms with Crippen LogP contribution in [0.2, 0.25) is 0 Å². The van der Waals surface area contributed by atoms with Crippen LogP contribution < -0.4 is 5.32 Å². The van der Waals surface area contributed by atoms with Gasteiger partial charge in [-0.25, -0.2) is 0 Å². The quantitative estimate of drug-likeness (QED) is 0.686. The van der Waals surface area contributed by atoms with Crippen molar-refractivity contribution in [2.45, 2.75) is 39.2 Å². The number of allylic oxidation sites excluding steroid dienone is 2. The number of nitrogens with one attached hydrogen (secondary N) is 1. The molecule has 2 N–H and O–H groups in total. The van der Waals surface area contributed by atoms with Gasteiger partial charge in [-0.3, -0.25) is 9.59 Å². The molecule has 0 aromatic heterocycles. The molecule has 0 saturated heterocycles. The van der Waals surface area contributed by atoms with Crippen LogP contribution in [0, 0.1) is 5.92 Å². The Bertz CT molecular complexity index is 468. The lowest BCUT2D eigenvalue weighted by Crippen LogP contribution is -2.27. The van der Waals surface area contributed by atoms with Crippen molar-refractivity contribution >= 4 is 11.9 Å². The molecule has 4 heteroatoms. The van der Waals surface area contributed by atoms with E-state index in [9.17, 15) is 9.59 Å². The normalized spacial score (nSPS) is 12.2. The predicted octanol–water partition coefficient (Wildman–Crippen LogP) is 3.14. The average molecular weight is 289 g/mol. The average Bonchev–Trinajstić information content (AvgIpc) is 2.49. The fourth-order valence-electron chi connectivity index (χ4n) is 1.91. The Labute approximate surface area is 125 Å². The highest BCUT2D eigenvalue weighted by atomic mass is 16.4. The second-order valence-corrected chi connectivity index (χ2v) is 5.00. The van der Waals surface area contributed by atoms with Gasteiger partial charge in [-0.2, -0.15) is 0 Å². The second kappa shape index (κ2) is 9.75. The summed E-state index contributed by atoms with van der Waals surface area (Å²) in [6.07, 6.45) is 6.20. The van der Waals surface area contributed by atoms with Gasteiger partial charge < -0.3 is 10.4 Å². The van der Waals surface area contributed by atoms with Crippen molar-refractivity contribution in [2.24, 2.45) is 5.92 Å². The topological polar surface area (TPSA) is 66.4 Å². The van der Waals surface area contributed by atoms with Gasteiger partial charge >= 0.3 is 5.97 Å². The van der Waals surface area contributed by atoms with Crippen LogP contribution in [0.15, 0.2) is 42.5 Å². The third-order valence-corrected chi connectivity index (χ3v) is 3.16. The largest absolute Gasteiger partial charge is 0.481 e. The second-order valence-electron chi connectivity index (χ2n) is 5.00. The molecule has 1 amide bonds. The van der Waals surface area contributed by atoms with Crippen LogP contribution in [0.1, 0.15) is 38.2 Å². The van der Waals surface area contributed by atoms with Gasteiger partial charge in [0.05, 0.1) is 5.92 Å². The minimum Gasteiger partial charge on any atom is -0.481 e. The van der Waals surface area contributed by atoms with E-state index in [4.69, 9.17) is 5.11 Å². The zero-order valence-electron chi connectivity index (χ0n) is 12.4. The molecule has 0 heterocycles. The van der Waals surface area contributed by atoms with Crippen LogP contribution in [-0.2, 0) is 16.1 Å². The highest BCUT2D eigenvalue weighted by Crippen LogP contribution is 2.11. The molecule has 1 unspecified atom stereocenters. The molecule has 1 rings (SSSR count). The van der Waals surface area contributed by atoms with Crippen LogP contribution in [0.25, 0.3) is 0 Å².